The van der Waals surface area contributed by atoms with E-state index in [2.05, 4.69) is 10.6 Å². The fourth-order valence-electron chi connectivity index (χ4n) is 2.51. The second-order valence-electron chi connectivity index (χ2n) is 7.31. The van der Waals surface area contributed by atoms with E-state index < -0.39 is 0 Å². The molecule has 2 aromatic carbocycles. The molecule has 0 heterocycles. The quantitative estimate of drug-likeness (QED) is 0.603. The van der Waals surface area contributed by atoms with Gasteiger partial charge in [0.2, 0.25) is 0 Å². The smallest absolute Gasteiger partial charge is 0.258 e. The van der Waals surface area contributed by atoms with Gasteiger partial charge in [0.25, 0.3) is 5.91 Å². The first-order chi connectivity index (χ1) is 13.2. The Kier molecular flexibility index (Phi) is 7.84. The first-order valence-electron chi connectivity index (χ1n) is 9.06. The summed E-state index contributed by atoms with van der Waals surface area (Å²) in [6.07, 6.45) is 0. The molecule has 28 heavy (non-hydrogen) atoms. The van der Waals surface area contributed by atoms with Gasteiger partial charge < -0.3 is 20.1 Å². The second-order valence-corrected chi connectivity index (χ2v) is 8.19. The molecule has 0 radical (unpaired) electrons. The average molecular weight is 425 g/mol. The van der Waals surface area contributed by atoms with Crippen LogP contribution in [0.2, 0.25) is 10.0 Å². The topological polar surface area (TPSA) is 59.6 Å². The number of halogens is 2. The number of hydrogen-bond acceptors (Lipinski definition) is 4. The van der Waals surface area contributed by atoms with Gasteiger partial charge >= 0.3 is 0 Å². The molecule has 0 bridgehead atoms. The Bertz CT molecular complexity index is 800. The molecular formula is C21H26Cl2N2O3. The summed E-state index contributed by atoms with van der Waals surface area (Å²) in [5.74, 6) is 0.938. The van der Waals surface area contributed by atoms with Gasteiger partial charge in [-0.25, -0.2) is 0 Å². The van der Waals surface area contributed by atoms with Crippen LogP contribution in [0.3, 0.4) is 0 Å². The van der Waals surface area contributed by atoms with Gasteiger partial charge in [-0.1, -0.05) is 29.3 Å². The lowest BCUT2D eigenvalue weighted by Crippen LogP contribution is -2.43. The zero-order chi connectivity index (χ0) is 20.7. The largest absolute Gasteiger partial charge is 0.490 e. The maximum Gasteiger partial charge on any atom is 0.258 e. The first-order valence-corrected chi connectivity index (χ1v) is 9.81. The fourth-order valence-corrected chi connectivity index (χ4v) is 3.03. The van der Waals surface area contributed by atoms with E-state index >= 15 is 0 Å². The summed E-state index contributed by atoms with van der Waals surface area (Å²) in [6.45, 7) is 8.64. The molecule has 5 nitrogen and oxygen atoms in total. The molecule has 0 aliphatic carbocycles. The summed E-state index contributed by atoms with van der Waals surface area (Å²) < 4.78 is 11.3. The summed E-state index contributed by atoms with van der Waals surface area (Å²) in [5, 5.41) is 7.28. The highest BCUT2D eigenvalue weighted by Gasteiger charge is 2.15. The lowest BCUT2D eigenvalue weighted by Gasteiger charge is -2.21. The van der Waals surface area contributed by atoms with Crippen LogP contribution in [0.5, 0.6) is 11.5 Å². The van der Waals surface area contributed by atoms with Crippen LogP contribution in [0, 0.1) is 0 Å². The molecule has 0 aromatic heterocycles. The lowest BCUT2D eigenvalue weighted by atomic mass is 10.1. The Hall–Kier alpha value is -2.11. The van der Waals surface area contributed by atoms with Gasteiger partial charge in [-0.15, -0.1) is 0 Å². The standard InChI is InChI=1S/C21H26Cl2N2O3/c1-5-27-19-8-14(12-24-17-10-15(22)9-16(23)11-17)6-7-18(19)28-13-20(26)25-21(2,3)4/h6-11,24H,5,12-13H2,1-4H3,(H,25,26). The number of carbonyl (C=O) groups is 1. The Balaban J connectivity index is 2.03. The van der Waals surface area contributed by atoms with Crippen molar-refractivity contribution in [1.29, 1.82) is 0 Å². The lowest BCUT2D eigenvalue weighted by molar-refractivity contribution is -0.124. The number of hydrogen-bond donors (Lipinski definition) is 2. The molecule has 0 saturated carbocycles. The number of amides is 1. The third kappa shape index (κ3) is 7.49. The molecule has 2 aromatic rings. The Labute approximate surface area is 176 Å². The SMILES string of the molecule is CCOc1cc(CNc2cc(Cl)cc(Cl)c2)ccc1OCC(=O)NC(C)(C)C. The van der Waals surface area contributed by atoms with E-state index in [4.69, 9.17) is 32.7 Å². The van der Waals surface area contributed by atoms with Crippen LogP contribution in [0.1, 0.15) is 33.3 Å². The summed E-state index contributed by atoms with van der Waals surface area (Å²) in [6, 6.07) is 10.9. The predicted molar refractivity (Wildman–Crippen MR) is 115 cm³/mol. The summed E-state index contributed by atoms with van der Waals surface area (Å²) in [5.41, 5.74) is 1.52. The van der Waals surface area contributed by atoms with E-state index in [1.54, 1.807) is 12.1 Å². The molecule has 2 rings (SSSR count). The molecule has 0 saturated heterocycles. The van der Waals surface area contributed by atoms with Crippen LogP contribution in [0.4, 0.5) is 5.69 Å². The number of benzene rings is 2. The zero-order valence-electron chi connectivity index (χ0n) is 16.6. The van der Waals surface area contributed by atoms with E-state index in [-0.39, 0.29) is 18.1 Å². The Morgan fingerprint density at radius 1 is 1.00 bits per heavy atom. The van der Waals surface area contributed by atoms with Crippen LogP contribution in [-0.2, 0) is 11.3 Å². The van der Waals surface area contributed by atoms with E-state index in [9.17, 15) is 4.79 Å². The molecule has 0 aliphatic rings. The maximum absolute atomic E-state index is 12.0. The van der Waals surface area contributed by atoms with Gasteiger partial charge in [0.1, 0.15) is 0 Å². The molecule has 7 heteroatoms. The first kappa shape index (κ1) is 22.2. The van der Waals surface area contributed by atoms with Crippen molar-refractivity contribution in [3.05, 3.63) is 52.0 Å². The van der Waals surface area contributed by atoms with Crippen molar-refractivity contribution in [1.82, 2.24) is 5.32 Å². The minimum atomic E-state index is -0.304. The van der Waals surface area contributed by atoms with Crippen molar-refractivity contribution in [2.45, 2.75) is 39.8 Å². The average Bonchev–Trinajstić information content (AvgIpc) is 2.57. The van der Waals surface area contributed by atoms with Crippen molar-refractivity contribution in [3.8, 4) is 11.5 Å². The van der Waals surface area contributed by atoms with Crippen LogP contribution in [0.25, 0.3) is 0 Å². The third-order valence-electron chi connectivity index (χ3n) is 3.54. The number of carbonyl (C=O) groups excluding carboxylic acids is 1. The minimum absolute atomic E-state index is 0.0735. The van der Waals surface area contributed by atoms with E-state index in [0.29, 0.717) is 34.7 Å². The van der Waals surface area contributed by atoms with Crippen molar-refractivity contribution < 1.29 is 14.3 Å². The zero-order valence-corrected chi connectivity index (χ0v) is 18.1. The molecule has 0 fully saturated rings. The summed E-state index contributed by atoms with van der Waals surface area (Å²) >= 11 is 12.1. The monoisotopic (exact) mass is 424 g/mol. The third-order valence-corrected chi connectivity index (χ3v) is 3.98. The number of ether oxygens (including phenoxy) is 2. The van der Waals surface area contributed by atoms with Gasteiger partial charge in [0, 0.05) is 27.8 Å². The summed E-state index contributed by atoms with van der Waals surface area (Å²) in [7, 11) is 0. The van der Waals surface area contributed by atoms with Crippen LogP contribution in [0.15, 0.2) is 36.4 Å². The molecule has 0 unspecified atom stereocenters. The Morgan fingerprint density at radius 2 is 1.68 bits per heavy atom. The second kappa shape index (κ2) is 9.89. The molecule has 0 atom stereocenters. The van der Waals surface area contributed by atoms with Gasteiger partial charge in [0.15, 0.2) is 18.1 Å². The highest BCUT2D eigenvalue weighted by atomic mass is 35.5. The van der Waals surface area contributed by atoms with Gasteiger partial charge in [0.05, 0.1) is 6.61 Å². The predicted octanol–water partition coefficient (Wildman–Crippen LogP) is 5.30. The molecular weight excluding hydrogens is 399 g/mol. The normalized spacial score (nSPS) is 11.1. The van der Waals surface area contributed by atoms with Crippen LogP contribution in [-0.4, -0.2) is 24.7 Å². The van der Waals surface area contributed by atoms with Crippen LogP contribution >= 0.6 is 23.2 Å². The van der Waals surface area contributed by atoms with E-state index in [1.807, 2.05) is 52.0 Å². The van der Waals surface area contributed by atoms with Crippen molar-refractivity contribution >= 4 is 34.8 Å². The van der Waals surface area contributed by atoms with Gasteiger partial charge in [-0.2, -0.15) is 0 Å². The highest BCUT2D eigenvalue weighted by molar-refractivity contribution is 6.35. The molecule has 0 aliphatic heterocycles. The van der Waals surface area contributed by atoms with E-state index in [0.717, 1.165) is 11.3 Å². The van der Waals surface area contributed by atoms with E-state index in [1.165, 1.54) is 0 Å². The maximum atomic E-state index is 12.0. The number of nitrogens with one attached hydrogen (secondary N) is 2. The van der Waals surface area contributed by atoms with Gasteiger partial charge in [-0.05, 0) is 63.6 Å². The van der Waals surface area contributed by atoms with Crippen LogP contribution < -0.4 is 20.1 Å². The number of rotatable bonds is 8. The fraction of sp³-hybridized carbons (Fsp3) is 0.381. The molecule has 1 amide bonds. The molecule has 0 spiro atoms. The van der Waals surface area contributed by atoms with Crippen molar-refractivity contribution in [3.63, 3.8) is 0 Å². The molecule has 152 valence electrons. The Morgan fingerprint density at radius 3 is 2.29 bits per heavy atom. The summed E-state index contributed by atoms with van der Waals surface area (Å²) in [4.78, 5) is 12.0. The van der Waals surface area contributed by atoms with Gasteiger partial charge in [-0.3, -0.25) is 4.79 Å². The number of anilines is 1. The van der Waals surface area contributed by atoms with Crippen molar-refractivity contribution in [2.75, 3.05) is 18.5 Å². The molecule has 2 N–H and O–H groups in total. The minimum Gasteiger partial charge on any atom is -0.490 e. The highest BCUT2D eigenvalue weighted by Crippen LogP contribution is 2.29. The van der Waals surface area contributed by atoms with Crippen molar-refractivity contribution in [2.24, 2.45) is 0 Å².